The van der Waals surface area contributed by atoms with Crippen molar-refractivity contribution in [1.82, 2.24) is 4.57 Å². The van der Waals surface area contributed by atoms with E-state index in [1.54, 1.807) is 22.9 Å². The Morgan fingerprint density at radius 1 is 0.837 bits per heavy atom. The van der Waals surface area contributed by atoms with Crippen LogP contribution in [0.15, 0.2) is 48.7 Å². The Bertz CT molecular complexity index is 1530. The lowest BCUT2D eigenvalue weighted by molar-refractivity contribution is -0.267. The van der Waals surface area contributed by atoms with Gasteiger partial charge in [-0.05, 0) is 54.0 Å². The van der Waals surface area contributed by atoms with Crippen LogP contribution in [0, 0.1) is 5.82 Å². The van der Waals surface area contributed by atoms with Crippen LogP contribution in [0.4, 0.5) is 4.39 Å². The van der Waals surface area contributed by atoms with E-state index < -0.39 is 60.3 Å². The summed E-state index contributed by atoms with van der Waals surface area (Å²) < 4.78 is 45.3. The summed E-state index contributed by atoms with van der Waals surface area (Å²) in [5.41, 5.74) is 3.36. The Labute approximate surface area is 248 Å². The summed E-state index contributed by atoms with van der Waals surface area (Å²) in [4.78, 5) is 48.3. The minimum absolute atomic E-state index is 0.349. The van der Waals surface area contributed by atoms with Crippen LogP contribution in [0.25, 0.3) is 10.9 Å². The normalized spacial score (nSPS) is 23.4. The fraction of sp³-hybridized carbons (Fsp3) is 0.438. The van der Waals surface area contributed by atoms with Gasteiger partial charge in [0.05, 0.1) is 5.52 Å². The molecule has 5 rings (SSSR count). The molecule has 10 nitrogen and oxygen atoms in total. The second kappa shape index (κ2) is 12.5. The van der Waals surface area contributed by atoms with E-state index in [2.05, 4.69) is 12.1 Å². The fourth-order valence-corrected chi connectivity index (χ4v) is 5.67. The predicted octanol–water partition coefficient (Wildman–Crippen LogP) is 4.50. The highest BCUT2D eigenvalue weighted by Gasteiger charge is 2.53. The highest BCUT2D eigenvalue weighted by atomic mass is 19.1. The minimum Gasteiger partial charge on any atom is -0.463 e. The first-order valence-electron chi connectivity index (χ1n) is 14.2. The van der Waals surface area contributed by atoms with Crippen molar-refractivity contribution in [2.75, 3.05) is 6.61 Å². The molecule has 11 heteroatoms. The first-order chi connectivity index (χ1) is 20.5. The maximum absolute atomic E-state index is 15.4. The summed E-state index contributed by atoms with van der Waals surface area (Å²) in [6.07, 6.45) is -1.76. The molecule has 2 aliphatic rings. The molecule has 2 heterocycles. The standard InChI is InChI=1S/C32H34FNO9/c1-17(35)39-16-27-29(40-18(2)36)30(41-19(3)37)31(42-20(4)38)32(43-27)34-15-24(28-25(33)6-5-7-26(28)34)14-21-8-10-22(11-9-21)23-12-13-23/h5-11,15,23,27,29-32H,12-14,16H2,1-4H3/t27-,29-,30+,31-,32?/m1/s1. The number of carbonyl (C=O) groups is 4. The zero-order chi connectivity index (χ0) is 30.8. The molecule has 3 aromatic rings. The van der Waals surface area contributed by atoms with Crippen LogP contribution < -0.4 is 0 Å². The van der Waals surface area contributed by atoms with Gasteiger partial charge in [-0.15, -0.1) is 0 Å². The van der Waals surface area contributed by atoms with Crippen molar-refractivity contribution in [2.24, 2.45) is 0 Å². The Hall–Kier alpha value is -4.25. The van der Waals surface area contributed by atoms with Crippen molar-refractivity contribution >= 4 is 34.8 Å². The van der Waals surface area contributed by atoms with E-state index in [0.717, 1.165) is 19.4 Å². The zero-order valence-corrected chi connectivity index (χ0v) is 24.4. The minimum atomic E-state index is -1.34. The lowest BCUT2D eigenvalue weighted by Gasteiger charge is -2.44. The van der Waals surface area contributed by atoms with Crippen molar-refractivity contribution in [2.45, 2.75) is 83.5 Å². The summed E-state index contributed by atoms with van der Waals surface area (Å²) in [5, 5.41) is 0.349. The molecular weight excluding hydrogens is 561 g/mol. The molecule has 2 aromatic carbocycles. The number of rotatable bonds is 9. The van der Waals surface area contributed by atoms with Crippen molar-refractivity contribution in [1.29, 1.82) is 0 Å². The van der Waals surface area contributed by atoms with E-state index in [9.17, 15) is 19.2 Å². The number of ether oxygens (including phenoxy) is 5. The average Bonchev–Trinajstić information content (AvgIpc) is 3.72. The Morgan fingerprint density at radius 2 is 1.47 bits per heavy atom. The number of halogens is 1. The maximum atomic E-state index is 15.4. The molecule has 1 saturated heterocycles. The molecule has 0 bridgehead atoms. The maximum Gasteiger partial charge on any atom is 0.303 e. The number of benzene rings is 2. The summed E-state index contributed by atoms with van der Waals surface area (Å²) in [7, 11) is 0. The second-order valence-electron chi connectivity index (χ2n) is 11.0. The SMILES string of the molecule is CC(=O)OC[C@H]1OC(n2cc(Cc3ccc(C4CC4)cc3)c3c(F)cccc32)[C@H](OC(C)=O)[C@@H](OC(C)=O)[C@@H]1OC(C)=O. The molecule has 43 heavy (non-hydrogen) atoms. The fourth-order valence-electron chi connectivity index (χ4n) is 5.67. The Balaban J connectivity index is 1.60. The largest absolute Gasteiger partial charge is 0.463 e. The van der Waals surface area contributed by atoms with Gasteiger partial charge in [-0.2, -0.15) is 0 Å². The number of hydrogen-bond donors (Lipinski definition) is 0. The molecular formula is C32H34FNO9. The van der Waals surface area contributed by atoms with Crippen molar-refractivity contribution < 1.29 is 47.3 Å². The van der Waals surface area contributed by atoms with Gasteiger partial charge in [0.15, 0.2) is 24.5 Å². The van der Waals surface area contributed by atoms with Gasteiger partial charge in [-0.25, -0.2) is 4.39 Å². The van der Waals surface area contributed by atoms with Gasteiger partial charge in [0.2, 0.25) is 0 Å². The van der Waals surface area contributed by atoms with Crippen LogP contribution in [-0.2, 0) is 49.3 Å². The molecule has 1 unspecified atom stereocenters. The van der Waals surface area contributed by atoms with Crippen molar-refractivity contribution in [3.05, 3.63) is 71.2 Å². The van der Waals surface area contributed by atoms with Gasteiger partial charge < -0.3 is 28.3 Å². The van der Waals surface area contributed by atoms with E-state index >= 15 is 4.39 Å². The highest BCUT2D eigenvalue weighted by Crippen LogP contribution is 2.41. The predicted molar refractivity (Wildman–Crippen MR) is 150 cm³/mol. The summed E-state index contributed by atoms with van der Waals surface area (Å²) >= 11 is 0. The first-order valence-corrected chi connectivity index (χ1v) is 14.2. The van der Waals surface area contributed by atoms with Crippen LogP contribution in [0.1, 0.15) is 69.4 Å². The molecule has 0 N–H and O–H groups in total. The van der Waals surface area contributed by atoms with Gasteiger partial charge in [-0.1, -0.05) is 30.3 Å². The number of carbonyl (C=O) groups excluding carboxylic acids is 4. The monoisotopic (exact) mass is 595 g/mol. The van der Waals surface area contributed by atoms with Crippen LogP contribution in [0.5, 0.6) is 0 Å². The van der Waals surface area contributed by atoms with Crippen molar-refractivity contribution in [3.8, 4) is 0 Å². The molecule has 0 spiro atoms. The van der Waals surface area contributed by atoms with Crippen LogP contribution >= 0.6 is 0 Å². The van der Waals surface area contributed by atoms with Gasteiger partial charge in [-0.3, -0.25) is 19.2 Å². The number of fused-ring (bicyclic) bond motifs is 1. The number of hydrogen-bond acceptors (Lipinski definition) is 9. The van der Waals surface area contributed by atoms with E-state index in [4.69, 9.17) is 23.7 Å². The highest BCUT2D eigenvalue weighted by molar-refractivity contribution is 5.85. The molecule has 1 aliphatic heterocycles. The quantitative estimate of drug-likeness (QED) is 0.260. The number of aromatic nitrogens is 1. The van der Waals surface area contributed by atoms with Crippen LogP contribution in [0.2, 0.25) is 0 Å². The summed E-state index contributed by atoms with van der Waals surface area (Å²) in [6.45, 7) is 4.35. The summed E-state index contributed by atoms with van der Waals surface area (Å²) in [5.74, 6) is -2.62. The van der Waals surface area contributed by atoms with Gasteiger partial charge in [0.1, 0.15) is 18.5 Å². The number of nitrogens with zero attached hydrogens (tertiary/aromatic N) is 1. The third-order valence-electron chi connectivity index (χ3n) is 7.55. The van der Waals surface area contributed by atoms with Gasteiger partial charge in [0, 0.05) is 39.3 Å². The lowest BCUT2D eigenvalue weighted by atomic mass is 9.97. The van der Waals surface area contributed by atoms with Gasteiger partial charge in [0.25, 0.3) is 0 Å². The molecule has 1 saturated carbocycles. The van der Waals surface area contributed by atoms with E-state index in [1.807, 2.05) is 12.1 Å². The smallest absolute Gasteiger partial charge is 0.303 e. The molecule has 1 aromatic heterocycles. The molecule has 0 amide bonds. The third-order valence-corrected chi connectivity index (χ3v) is 7.55. The number of esters is 4. The topological polar surface area (TPSA) is 119 Å². The molecule has 0 radical (unpaired) electrons. The van der Waals surface area contributed by atoms with Crippen LogP contribution in [0.3, 0.4) is 0 Å². The van der Waals surface area contributed by atoms with E-state index in [-0.39, 0.29) is 6.61 Å². The van der Waals surface area contributed by atoms with Crippen LogP contribution in [-0.4, -0.2) is 59.5 Å². The molecule has 228 valence electrons. The van der Waals surface area contributed by atoms with E-state index in [0.29, 0.717) is 28.8 Å². The Morgan fingerprint density at radius 3 is 2.07 bits per heavy atom. The second-order valence-corrected chi connectivity index (χ2v) is 11.0. The van der Waals surface area contributed by atoms with Crippen molar-refractivity contribution in [3.63, 3.8) is 0 Å². The zero-order valence-electron chi connectivity index (χ0n) is 24.4. The lowest BCUT2D eigenvalue weighted by Crippen LogP contribution is -2.60. The molecule has 1 aliphatic carbocycles. The summed E-state index contributed by atoms with van der Waals surface area (Å²) in [6, 6.07) is 12.9. The average molecular weight is 596 g/mol. The first kappa shape index (κ1) is 30.2. The van der Waals surface area contributed by atoms with Gasteiger partial charge >= 0.3 is 23.9 Å². The third kappa shape index (κ3) is 6.88. The molecule has 2 fully saturated rings. The molecule has 5 atom stereocenters. The Kier molecular flexibility index (Phi) is 8.82. The van der Waals surface area contributed by atoms with E-state index in [1.165, 1.54) is 38.3 Å².